The number of ether oxygens (including phenoxy) is 1. The first-order valence-corrected chi connectivity index (χ1v) is 7.74. The van der Waals surface area contributed by atoms with Crippen LogP contribution in [-0.2, 0) is 11.3 Å². The number of benzene rings is 2. The summed E-state index contributed by atoms with van der Waals surface area (Å²) in [7, 11) is 0. The molecule has 0 aliphatic heterocycles. The van der Waals surface area contributed by atoms with Crippen LogP contribution in [0.4, 0.5) is 10.1 Å². The van der Waals surface area contributed by atoms with Crippen LogP contribution in [0.1, 0.15) is 15.9 Å². The van der Waals surface area contributed by atoms with Crippen LogP contribution < -0.4 is 10.6 Å². The summed E-state index contributed by atoms with van der Waals surface area (Å²) in [6.07, 6.45) is 0. The highest BCUT2D eigenvalue weighted by atomic mass is 19.1. The first kappa shape index (κ1) is 17.9. The average molecular weight is 332 g/mol. The van der Waals surface area contributed by atoms with Gasteiger partial charge in [-0.15, -0.1) is 0 Å². The number of hydrogen-bond acceptors (Lipinski definition) is 4. The molecule has 3 N–H and O–H groups in total. The van der Waals surface area contributed by atoms with Gasteiger partial charge >= 0.3 is 0 Å². The highest BCUT2D eigenvalue weighted by molar-refractivity contribution is 5.95. The third kappa shape index (κ3) is 5.98. The van der Waals surface area contributed by atoms with Gasteiger partial charge in [-0.05, 0) is 35.9 Å². The topological polar surface area (TPSA) is 70.6 Å². The molecule has 2 rings (SSSR count). The summed E-state index contributed by atoms with van der Waals surface area (Å²) in [5, 5.41) is 14.5. The van der Waals surface area contributed by atoms with Crippen LogP contribution >= 0.6 is 0 Å². The van der Waals surface area contributed by atoms with Gasteiger partial charge in [0.25, 0.3) is 5.91 Å². The monoisotopic (exact) mass is 332 g/mol. The summed E-state index contributed by atoms with van der Waals surface area (Å²) in [5.74, 6) is -0.451. The molecule has 0 atom stereocenters. The van der Waals surface area contributed by atoms with Crippen molar-refractivity contribution >= 4 is 11.6 Å². The lowest BCUT2D eigenvalue weighted by atomic mass is 10.1. The summed E-state index contributed by atoms with van der Waals surface area (Å²) in [6, 6.07) is 13.4. The van der Waals surface area contributed by atoms with E-state index in [9.17, 15) is 9.18 Å². The minimum Gasteiger partial charge on any atom is -0.394 e. The molecule has 0 fully saturated rings. The molecule has 2 aromatic carbocycles. The van der Waals surface area contributed by atoms with Crippen LogP contribution in [0, 0.1) is 5.82 Å². The SMILES string of the molecule is O=C(NCCOCCO)c1cccc(NCc2ccc(F)cc2)c1. The molecule has 0 aromatic heterocycles. The maximum absolute atomic E-state index is 12.9. The molecule has 0 unspecified atom stereocenters. The van der Waals surface area contributed by atoms with E-state index in [1.165, 1.54) is 12.1 Å². The largest absolute Gasteiger partial charge is 0.394 e. The van der Waals surface area contributed by atoms with Gasteiger partial charge in [0.05, 0.1) is 19.8 Å². The number of halogens is 1. The molecule has 0 aliphatic carbocycles. The molecular weight excluding hydrogens is 311 g/mol. The molecule has 0 aliphatic rings. The molecule has 0 heterocycles. The lowest BCUT2D eigenvalue weighted by Gasteiger charge is -2.09. The maximum atomic E-state index is 12.9. The van der Waals surface area contributed by atoms with E-state index in [0.29, 0.717) is 25.3 Å². The maximum Gasteiger partial charge on any atom is 0.251 e. The number of anilines is 1. The van der Waals surface area contributed by atoms with E-state index in [1.54, 1.807) is 30.3 Å². The zero-order chi connectivity index (χ0) is 17.2. The van der Waals surface area contributed by atoms with Gasteiger partial charge < -0.3 is 20.5 Å². The van der Waals surface area contributed by atoms with Crippen molar-refractivity contribution in [2.45, 2.75) is 6.54 Å². The Morgan fingerprint density at radius 2 is 1.92 bits per heavy atom. The van der Waals surface area contributed by atoms with E-state index in [0.717, 1.165) is 11.3 Å². The number of hydrogen-bond donors (Lipinski definition) is 3. The van der Waals surface area contributed by atoms with E-state index < -0.39 is 0 Å². The van der Waals surface area contributed by atoms with Crippen molar-refractivity contribution in [3.05, 3.63) is 65.5 Å². The van der Waals surface area contributed by atoms with Crippen LogP contribution in [0.25, 0.3) is 0 Å². The molecular formula is C18H21FN2O3. The molecule has 0 bridgehead atoms. The Hall–Kier alpha value is -2.44. The molecule has 0 spiro atoms. The van der Waals surface area contributed by atoms with Crippen molar-refractivity contribution < 1.29 is 19.0 Å². The van der Waals surface area contributed by atoms with Gasteiger partial charge in [0.1, 0.15) is 5.82 Å². The van der Waals surface area contributed by atoms with Crippen LogP contribution in [0.3, 0.4) is 0 Å². The van der Waals surface area contributed by atoms with Crippen LogP contribution in [0.15, 0.2) is 48.5 Å². The molecule has 2 aromatic rings. The second kappa shape index (κ2) is 9.64. The number of carbonyl (C=O) groups excluding carboxylic acids is 1. The minimum absolute atomic E-state index is 0.0320. The molecule has 6 heteroatoms. The van der Waals surface area contributed by atoms with Gasteiger partial charge in [0.15, 0.2) is 0 Å². The Balaban J connectivity index is 1.84. The van der Waals surface area contributed by atoms with Crippen molar-refractivity contribution in [1.29, 1.82) is 0 Å². The van der Waals surface area contributed by atoms with E-state index in [1.807, 2.05) is 6.07 Å². The molecule has 128 valence electrons. The van der Waals surface area contributed by atoms with E-state index in [4.69, 9.17) is 9.84 Å². The zero-order valence-corrected chi connectivity index (χ0v) is 13.3. The third-order valence-corrected chi connectivity index (χ3v) is 3.30. The standard InChI is InChI=1S/C18H21FN2O3/c19-16-6-4-14(5-7-16)13-21-17-3-1-2-15(12-17)18(23)20-8-10-24-11-9-22/h1-7,12,21-22H,8-11,13H2,(H,20,23). The van der Waals surface area contributed by atoms with Crippen molar-refractivity contribution in [1.82, 2.24) is 5.32 Å². The lowest BCUT2D eigenvalue weighted by molar-refractivity contribution is 0.0838. The van der Waals surface area contributed by atoms with E-state index in [2.05, 4.69) is 10.6 Å². The quantitative estimate of drug-likeness (QED) is 0.616. The summed E-state index contributed by atoms with van der Waals surface area (Å²) in [6.45, 7) is 1.51. The first-order valence-electron chi connectivity index (χ1n) is 7.74. The van der Waals surface area contributed by atoms with Crippen molar-refractivity contribution in [2.24, 2.45) is 0 Å². The molecule has 0 saturated carbocycles. The van der Waals surface area contributed by atoms with Crippen LogP contribution in [0.2, 0.25) is 0 Å². The Morgan fingerprint density at radius 1 is 1.12 bits per heavy atom. The van der Waals surface area contributed by atoms with Crippen LogP contribution in [0.5, 0.6) is 0 Å². The normalized spacial score (nSPS) is 10.4. The Bertz CT molecular complexity index is 647. The van der Waals surface area contributed by atoms with Crippen molar-refractivity contribution in [3.63, 3.8) is 0 Å². The Morgan fingerprint density at radius 3 is 2.67 bits per heavy atom. The predicted octanol–water partition coefficient (Wildman–Crippen LogP) is 2.18. The number of amides is 1. The smallest absolute Gasteiger partial charge is 0.251 e. The van der Waals surface area contributed by atoms with Gasteiger partial charge in [-0.1, -0.05) is 18.2 Å². The number of aliphatic hydroxyl groups excluding tert-OH is 1. The lowest BCUT2D eigenvalue weighted by Crippen LogP contribution is -2.27. The fourth-order valence-electron chi connectivity index (χ4n) is 2.08. The second-order valence-corrected chi connectivity index (χ2v) is 5.15. The van der Waals surface area contributed by atoms with Gasteiger partial charge in [0, 0.05) is 24.3 Å². The highest BCUT2D eigenvalue weighted by Gasteiger charge is 2.05. The summed E-state index contributed by atoms with van der Waals surface area (Å²) in [5.41, 5.74) is 2.30. The van der Waals surface area contributed by atoms with Gasteiger partial charge in [-0.2, -0.15) is 0 Å². The predicted molar refractivity (Wildman–Crippen MR) is 90.4 cm³/mol. The van der Waals surface area contributed by atoms with Gasteiger partial charge in [-0.25, -0.2) is 4.39 Å². The van der Waals surface area contributed by atoms with Gasteiger partial charge in [-0.3, -0.25) is 4.79 Å². The molecule has 24 heavy (non-hydrogen) atoms. The van der Waals surface area contributed by atoms with E-state index in [-0.39, 0.29) is 24.9 Å². The molecule has 5 nitrogen and oxygen atoms in total. The molecule has 0 radical (unpaired) electrons. The summed E-state index contributed by atoms with van der Waals surface area (Å²) >= 11 is 0. The summed E-state index contributed by atoms with van der Waals surface area (Å²) < 4.78 is 18.0. The number of nitrogens with one attached hydrogen (secondary N) is 2. The van der Waals surface area contributed by atoms with Crippen molar-refractivity contribution in [3.8, 4) is 0 Å². The first-order chi connectivity index (χ1) is 11.7. The minimum atomic E-state index is -0.264. The molecule has 0 saturated heterocycles. The second-order valence-electron chi connectivity index (χ2n) is 5.15. The zero-order valence-electron chi connectivity index (χ0n) is 13.3. The fourth-order valence-corrected chi connectivity index (χ4v) is 2.08. The number of carbonyl (C=O) groups is 1. The Kier molecular flexibility index (Phi) is 7.20. The average Bonchev–Trinajstić information content (AvgIpc) is 2.61. The van der Waals surface area contributed by atoms with E-state index >= 15 is 0 Å². The Labute approximate surface area is 140 Å². The molecule has 1 amide bonds. The fraction of sp³-hybridized carbons (Fsp3) is 0.278. The van der Waals surface area contributed by atoms with Crippen LogP contribution in [-0.4, -0.2) is 37.4 Å². The summed E-state index contributed by atoms with van der Waals surface area (Å²) in [4.78, 5) is 12.1. The third-order valence-electron chi connectivity index (χ3n) is 3.30. The van der Waals surface area contributed by atoms with Crippen molar-refractivity contribution in [2.75, 3.05) is 31.7 Å². The highest BCUT2D eigenvalue weighted by Crippen LogP contribution is 2.12. The number of rotatable bonds is 9. The number of aliphatic hydroxyl groups is 1. The van der Waals surface area contributed by atoms with Gasteiger partial charge in [0.2, 0.25) is 0 Å².